The Hall–Kier alpha value is -3.16. The molecule has 1 amide bonds. The highest BCUT2D eigenvalue weighted by atomic mass is 19.2. The van der Waals surface area contributed by atoms with E-state index in [1.54, 1.807) is 35.3 Å². The lowest BCUT2D eigenvalue weighted by Gasteiger charge is -2.08. The minimum Gasteiger partial charge on any atom is -0.319 e. The molecule has 0 saturated heterocycles. The number of hydrogen-bond acceptors (Lipinski definition) is 3. The lowest BCUT2D eigenvalue weighted by molar-refractivity contribution is 0.102. The Morgan fingerprint density at radius 3 is 2.46 bits per heavy atom. The van der Waals surface area contributed by atoms with E-state index < -0.39 is 29.0 Å². The number of nitrogens with zero attached hydrogens (tertiary/aromatic N) is 3. The topological polar surface area (TPSA) is 59.8 Å². The molecule has 0 aliphatic rings. The highest BCUT2D eigenvalue weighted by molar-refractivity contribution is 6.04. The van der Waals surface area contributed by atoms with Gasteiger partial charge in [-0.2, -0.15) is 5.10 Å². The van der Waals surface area contributed by atoms with Crippen LogP contribution in [0, 0.1) is 17.5 Å². The second-order valence-electron chi connectivity index (χ2n) is 4.97. The Bertz CT molecular complexity index is 864. The Kier molecular flexibility index (Phi) is 4.28. The molecule has 5 nitrogen and oxygen atoms in total. The van der Waals surface area contributed by atoms with E-state index in [1.165, 1.54) is 6.33 Å². The van der Waals surface area contributed by atoms with Gasteiger partial charge in [0.1, 0.15) is 12.7 Å². The molecule has 1 aromatic heterocycles. The first-order valence-electron chi connectivity index (χ1n) is 6.91. The van der Waals surface area contributed by atoms with Crippen LogP contribution in [0.15, 0.2) is 49.1 Å². The summed E-state index contributed by atoms with van der Waals surface area (Å²) in [4.78, 5) is 15.9. The van der Waals surface area contributed by atoms with E-state index in [1.807, 2.05) is 0 Å². The average Bonchev–Trinajstić information content (AvgIpc) is 3.09. The zero-order chi connectivity index (χ0) is 17.1. The van der Waals surface area contributed by atoms with Crippen LogP contribution in [0.25, 0.3) is 0 Å². The molecule has 0 spiro atoms. The van der Waals surface area contributed by atoms with Crippen molar-refractivity contribution in [3.05, 3.63) is 77.6 Å². The number of carbonyl (C=O) groups is 1. The normalized spacial score (nSPS) is 10.6. The third kappa shape index (κ3) is 3.27. The zero-order valence-electron chi connectivity index (χ0n) is 12.2. The molecule has 0 aliphatic heterocycles. The van der Waals surface area contributed by atoms with Gasteiger partial charge in [0.15, 0.2) is 17.5 Å². The summed E-state index contributed by atoms with van der Waals surface area (Å²) in [6.07, 6.45) is 2.98. The van der Waals surface area contributed by atoms with E-state index in [4.69, 9.17) is 0 Å². The number of amides is 1. The van der Waals surface area contributed by atoms with Crippen LogP contribution in [0.4, 0.5) is 18.9 Å². The van der Waals surface area contributed by atoms with Gasteiger partial charge in [-0.3, -0.25) is 4.79 Å². The summed E-state index contributed by atoms with van der Waals surface area (Å²) in [6, 6.07) is 8.20. The van der Waals surface area contributed by atoms with E-state index in [-0.39, 0.29) is 5.56 Å². The lowest BCUT2D eigenvalue weighted by atomic mass is 10.1. The van der Waals surface area contributed by atoms with Crippen molar-refractivity contribution in [1.82, 2.24) is 14.8 Å². The van der Waals surface area contributed by atoms with Crippen LogP contribution in [-0.4, -0.2) is 20.7 Å². The summed E-state index contributed by atoms with van der Waals surface area (Å²) in [7, 11) is 0. The maximum atomic E-state index is 13.6. The summed E-state index contributed by atoms with van der Waals surface area (Å²) in [5.41, 5.74) is 0.711. The van der Waals surface area contributed by atoms with Gasteiger partial charge in [0.25, 0.3) is 5.91 Å². The van der Waals surface area contributed by atoms with Gasteiger partial charge in [0.2, 0.25) is 0 Å². The Morgan fingerprint density at radius 1 is 1.04 bits per heavy atom. The lowest BCUT2D eigenvalue weighted by Crippen LogP contribution is -2.14. The van der Waals surface area contributed by atoms with Crippen molar-refractivity contribution >= 4 is 11.6 Å². The highest BCUT2D eigenvalue weighted by Gasteiger charge is 2.16. The molecule has 0 unspecified atom stereocenters. The van der Waals surface area contributed by atoms with Crippen molar-refractivity contribution in [2.45, 2.75) is 6.54 Å². The zero-order valence-corrected chi connectivity index (χ0v) is 12.2. The van der Waals surface area contributed by atoms with Gasteiger partial charge in [-0.25, -0.2) is 22.8 Å². The van der Waals surface area contributed by atoms with E-state index in [9.17, 15) is 18.0 Å². The van der Waals surface area contributed by atoms with Crippen molar-refractivity contribution in [2.75, 3.05) is 5.32 Å². The number of aromatic nitrogens is 3. The molecule has 0 fully saturated rings. The summed E-state index contributed by atoms with van der Waals surface area (Å²) in [6.45, 7) is 0.486. The van der Waals surface area contributed by atoms with E-state index in [0.717, 1.165) is 17.7 Å². The van der Waals surface area contributed by atoms with Crippen molar-refractivity contribution in [1.29, 1.82) is 0 Å². The number of benzene rings is 2. The van der Waals surface area contributed by atoms with Gasteiger partial charge in [-0.15, -0.1) is 0 Å². The fourth-order valence-electron chi connectivity index (χ4n) is 2.08. The van der Waals surface area contributed by atoms with Crippen LogP contribution >= 0.6 is 0 Å². The second-order valence-corrected chi connectivity index (χ2v) is 4.97. The molecular weight excluding hydrogens is 321 g/mol. The Labute approximate surface area is 134 Å². The molecule has 0 atom stereocenters. The number of hydrogen-bond donors (Lipinski definition) is 1. The van der Waals surface area contributed by atoms with E-state index in [2.05, 4.69) is 15.4 Å². The number of rotatable bonds is 4. The van der Waals surface area contributed by atoms with Gasteiger partial charge in [-0.1, -0.05) is 12.1 Å². The molecule has 0 saturated carbocycles. The third-order valence-corrected chi connectivity index (χ3v) is 3.31. The number of halogens is 3. The Balaban J connectivity index is 1.72. The van der Waals surface area contributed by atoms with Crippen LogP contribution in [0.2, 0.25) is 0 Å². The summed E-state index contributed by atoms with van der Waals surface area (Å²) < 4.78 is 41.2. The quantitative estimate of drug-likeness (QED) is 0.747. The fourth-order valence-corrected chi connectivity index (χ4v) is 2.08. The van der Waals surface area contributed by atoms with E-state index in [0.29, 0.717) is 6.54 Å². The molecule has 1 heterocycles. The largest absolute Gasteiger partial charge is 0.319 e. The van der Waals surface area contributed by atoms with E-state index >= 15 is 0 Å². The van der Waals surface area contributed by atoms with Crippen LogP contribution < -0.4 is 5.32 Å². The van der Waals surface area contributed by atoms with Crippen molar-refractivity contribution in [3.8, 4) is 0 Å². The number of anilines is 1. The summed E-state index contributed by atoms with van der Waals surface area (Å²) in [5.74, 6) is -5.02. The van der Waals surface area contributed by atoms with Crippen molar-refractivity contribution in [3.63, 3.8) is 0 Å². The third-order valence-electron chi connectivity index (χ3n) is 3.31. The minimum absolute atomic E-state index is 0.251. The smallest absolute Gasteiger partial charge is 0.255 e. The molecule has 2 aromatic carbocycles. The molecule has 0 aliphatic carbocycles. The molecule has 0 bridgehead atoms. The molecule has 3 rings (SSSR count). The molecule has 1 N–H and O–H groups in total. The predicted molar refractivity (Wildman–Crippen MR) is 79.8 cm³/mol. The van der Waals surface area contributed by atoms with Gasteiger partial charge in [0.05, 0.1) is 12.2 Å². The van der Waals surface area contributed by atoms with Gasteiger partial charge < -0.3 is 5.32 Å². The van der Waals surface area contributed by atoms with Gasteiger partial charge in [0, 0.05) is 5.56 Å². The minimum atomic E-state index is -1.63. The first-order chi connectivity index (χ1) is 11.5. The molecule has 3 aromatic rings. The van der Waals surface area contributed by atoms with Gasteiger partial charge in [-0.05, 0) is 29.8 Å². The maximum Gasteiger partial charge on any atom is 0.255 e. The number of nitrogens with one attached hydrogen (secondary N) is 1. The van der Waals surface area contributed by atoms with Crippen LogP contribution in [0.5, 0.6) is 0 Å². The summed E-state index contributed by atoms with van der Waals surface area (Å²) in [5, 5.41) is 6.18. The average molecular weight is 332 g/mol. The number of carbonyl (C=O) groups excluding carboxylic acids is 1. The Morgan fingerprint density at radius 2 is 1.79 bits per heavy atom. The standard InChI is InChI=1S/C16H11F3N4O/c17-12-5-6-13(15(19)14(12)18)22-16(24)11-3-1-10(2-4-11)7-23-9-20-8-21-23/h1-6,8-9H,7H2,(H,22,24). The van der Waals surface area contributed by atoms with Crippen LogP contribution in [0.3, 0.4) is 0 Å². The van der Waals surface area contributed by atoms with Gasteiger partial charge >= 0.3 is 0 Å². The maximum absolute atomic E-state index is 13.6. The molecular formula is C16H11F3N4O. The molecule has 8 heteroatoms. The molecule has 24 heavy (non-hydrogen) atoms. The first kappa shape index (κ1) is 15.7. The highest BCUT2D eigenvalue weighted by Crippen LogP contribution is 2.20. The predicted octanol–water partition coefficient (Wildman–Crippen LogP) is 3.00. The van der Waals surface area contributed by atoms with Crippen molar-refractivity contribution < 1.29 is 18.0 Å². The second kappa shape index (κ2) is 6.53. The SMILES string of the molecule is O=C(Nc1ccc(F)c(F)c1F)c1ccc(Cn2cncn2)cc1. The first-order valence-corrected chi connectivity index (χ1v) is 6.91. The van der Waals surface area contributed by atoms with Crippen LogP contribution in [0.1, 0.15) is 15.9 Å². The molecule has 122 valence electrons. The fraction of sp³-hybridized carbons (Fsp3) is 0.0625. The van der Waals surface area contributed by atoms with Crippen LogP contribution in [-0.2, 0) is 6.54 Å². The molecule has 0 radical (unpaired) electrons. The van der Waals surface area contributed by atoms with Crippen molar-refractivity contribution in [2.24, 2.45) is 0 Å². The monoisotopic (exact) mass is 332 g/mol. The summed E-state index contributed by atoms with van der Waals surface area (Å²) >= 11 is 0.